The van der Waals surface area contributed by atoms with Crippen molar-refractivity contribution in [1.29, 1.82) is 10.5 Å². The van der Waals surface area contributed by atoms with Crippen LogP contribution in [0.4, 0.5) is 5.82 Å². The lowest BCUT2D eigenvalue weighted by Crippen LogP contribution is -2.55. The summed E-state index contributed by atoms with van der Waals surface area (Å²) in [6.45, 7) is 0.994. The van der Waals surface area contributed by atoms with Gasteiger partial charge in [0.05, 0.1) is 22.3 Å². The van der Waals surface area contributed by atoms with Gasteiger partial charge in [0, 0.05) is 32.0 Å². The van der Waals surface area contributed by atoms with E-state index in [0.29, 0.717) is 40.3 Å². The van der Waals surface area contributed by atoms with E-state index in [9.17, 15) is 15.2 Å². The number of carbonyl (C=O) groups is 1. The predicted octanol–water partition coefficient (Wildman–Crippen LogP) is 1.67. The van der Waals surface area contributed by atoms with Crippen molar-refractivity contribution in [2.24, 2.45) is 0 Å². The van der Waals surface area contributed by atoms with Crippen molar-refractivity contribution in [3.63, 3.8) is 0 Å². The van der Waals surface area contributed by atoms with Crippen LogP contribution in [-0.2, 0) is 4.79 Å². The molecule has 184 valence electrons. The first-order valence-corrected chi connectivity index (χ1v) is 11.5. The molecule has 1 aromatic carbocycles. The maximum atomic E-state index is 13.2. The zero-order valence-electron chi connectivity index (χ0n) is 19.1. The predicted molar refractivity (Wildman–Crippen MR) is 131 cm³/mol. The number of aromatic nitrogens is 5. The highest BCUT2D eigenvalue weighted by molar-refractivity contribution is 6.32. The van der Waals surface area contributed by atoms with E-state index in [1.165, 1.54) is 29.3 Å². The second-order valence-corrected chi connectivity index (χ2v) is 8.66. The van der Waals surface area contributed by atoms with Crippen molar-refractivity contribution >= 4 is 34.4 Å². The number of benzene rings is 1. The van der Waals surface area contributed by atoms with Crippen LogP contribution in [0.2, 0.25) is 5.02 Å². The summed E-state index contributed by atoms with van der Waals surface area (Å²) in [6.07, 6.45) is 2.71. The van der Waals surface area contributed by atoms with E-state index in [4.69, 9.17) is 21.6 Å². The van der Waals surface area contributed by atoms with Crippen LogP contribution >= 0.6 is 11.6 Å². The highest BCUT2D eigenvalue weighted by Gasteiger charge is 2.32. The Morgan fingerprint density at radius 2 is 2.05 bits per heavy atom. The van der Waals surface area contributed by atoms with Gasteiger partial charge in [-0.15, -0.1) is 5.10 Å². The van der Waals surface area contributed by atoms with E-state index in [0.717, 1.165) is 0 Å². The number of halogens is 1. The maximum absolute atomic E-state index is 13.2. The van der Waals surface area contributed by atoms with Crippen LogP contribution in [0.3, 0.4) is 0 Å². The van der Waals surface area contributed by atoms with E-state index in [1.807, 2.05) is 11.0 Å². The lowest BCUT2D eigenvalue weighted by Gasteiger charge is -2.37. The number of fused-ring (bicyclic) bond motifs is 1. The number of aliphatic hydroxyl groups excluding tert-OH is 1. The third-order valence-electron chi connectivity index (χ3n) is 5.67. The zero-order chi connectivity index (χ0) is 25.9. The van der Waals surface area contributed by atoms with Crippen molar-refractivity contribution in [1.82, 2.24) is 29.6 Å². The molecule has 4 heterocycles. The van der Waals surface area contributed by atoms with Crippen LogP contribution in [0.25, 0.3) is 16.7 Å². The number of likely N-dealkylation sites (tertiary alicyclic amines) is 1. The molecule has 0 saturated carbocycles. The van der Waals surface area contributed by atoms with Gasteiger partial charge in [-0.25, -0.2) is 19.6 Å². The number of anilines is 1. The van der Waals surface area contributed by atoms with Gasteiger partial charge in [-0.05, 0) is 24.3 Å². The first-order valence-electron chi connectivity index (χ1n) is 11.1. The summed E-state index contributed by atoms with van der Waals surface area (Å²) in [7, 11) is 0. The Balaban J connectivity index is 1.45. The molecule has 12 nitrogen and oxygen atoms in total. The summed E-state index contributed by atoms with van der Waals surface area (Å²) in [4.78, 5) is 27.5. The molecule has 0 aliphatic carbocycles. The van der Waals surface area contributed by atoms with Gasteiger partial charge in [0.25, 0.3) is 5.91 Å². The Hall–Kier alpha value is -4.62. The number of amides is 1. The molecule has 1 fully saturated rings. The van der Waals surface area contributed by atoms with Crippen molar-refractivity contribution in [2.75, 3.05) is 25.0 Å². The van der Waals surface area contributed by atoms with E-state index in [-0.39, 0.29) is 23.9 Å². The maximum Gasteiger partial charge on any atom is 0.268 e. The van der Waals surface area contributed by atoms with Crippen LogP contribution in [0.5, 0.6) is 5.88 Å². The quantitative estimate of drug-likeness (QED) is 0.369. The van der Waals surface area contributed by atoms with Gasteiger partial charge in [-0.1, -0.05) is 17.7 Å². The minimum Gasteiger partial charge on any atom is -0.462 e. The largest absolute Gasteiger partial charge is 0.462 e. The molecule has 37 heavy (non-hydrogen) atoms. The van der Waals surface area contributed by atoms with Gasteiger partial charge in [-0.2, -0.15) is 10.5 Å². The van der Waals surface area contributed by atoms with Crippen molar-refractivity contribution < 1.29 is 14.6 Å². The van der Waals surface area contributed by atoms with E-state index >= 15 is 0 Å². The number of nitriles is 2. The number of β-amino-alcohol motifs (C(OH)–C–C–N with tert-alkyl or cyclic N) is 1. The number of nitrogens with one attached hydrogen (secondary N) is 1. The van der Waals surface area contributed by atoms with Gasteiger partial charge >= 0.3 is 0 Å². The minimum atomic E-state index is -1.03. The molecule has 13 heteroatoms. The van der Waals surface area contributed by atoms with E-state index in [1.54, 1.807) is 24.4 Å². The van der Waals surface area contributed by atoms with Gasteiger partial charge in [0.1, 0.15) is 35.4 Å². The third kappa shape index (κ3) is 5.03. The molecule has 1 saturated heterocycles. The van der Waals surface area contributed by atoms with Gasteiger partial charge in [0.15, 0.2) is 11.8 Å². The summed E-state index contributed by atoms with van der Waals surface area (Å²) in [6, 6.07) is 12.1. The second-order valence-electron chi connectivity index (χ2n) is 8.25. The molecular weight excluding hydrogens is 498 g/mol. The summed E-state index contributed by atoms with van der Waals surface area (Å²) in [5.74, 6) is -0.129. The molecule has 3 aromatic heterocycles. The topological polar surface area (TPSA) is 166 Å². The Morgan fingerprint density at radius 3 is 2.76 bits per heavy atom. The number of carbonyl (C=O) groups excluding carboxylic acids is 1. The fourth-order valence-electron chi connectivity index (χ4n) is 3.84. The Kier molecular flexibility index (Phi) is 6.62. The second kappa shape index (κ2) is 10.2. The molecule has 0 bridgehead atoms. The fraction of sp³-hybridized carbons (Fsp3) is 0.208. The Bertz CT molecular complexity index is 1550. The SMILES string of the molecule is N#Cc1ccc(NC(=O)[C@H](CN2CC(O)C2)Oc2ncnc3nn(-c4c(Cl)cccc4C#N)cc23)nc1. The number of pyridine rings is 1. The van der Waals surface area contributed by atoms with Crippen molar-refractivity contribution in [3.05, 3.63) is 65.2 Å². The molecule has 4 aromatic rings. The number of nitrogens with zero attached hydrogens (tertiary/aromatic N) is 8. The van der Waals surface area contributed by atoms with Crippen LogP contribution in [0, 0.1) is 22.7 Å². The smallest absolute Gasteiger partial charge is 0.268 e. The van der Waals surface area contributed by atoms with Gasteiger partial charge in [-0.3, -0.25) is 9.69 Å². The Morgan fingerprint density at radius 1 is 1.22 bits per heavy atom. The molecule has 1 aliphatic heterocycles. The van der Waals surface area contributed by atoms with Crippen LogP contribution < -0.4 is 10.1 Å². The van der Waals surface area contributed by atoms with Crippen LogP contribution in [0.1, 0.15) is 11.1 Å². The van der Waals surface area contributed by atoms with E-state index < -0.39 is 18.1 Å². The molecule has 1 aliphatic rings. The molecule has 1 atom stereocenters. The van der Waals surface area contributed by atoms with Gasteiger partial charge < -0.3 is 15.2 Å². The van der Waals surface area contributed by atoms with Crippen LogP contribution in [0.15, 0.2) is 49.1 Å². The first kappa shape index (κ1) is 24.1. The van der Waals surface area contributed by atoms with Gasteiger partial charge in [0.2, 0.25) is 5.88 Å². The summed E-state index contributed by atoms with van der Waals surface area (Å²) in [5, 5.41) is 36.0. The number of para-hydroxylation sites is 1. The highest BCUT2D eigenvalue weighted by Crippen LogP contribution is 2.28. The summed E-state index contributed by atoms with van der Waals surface area (Å²) < 4.78 is 7.49. The first-order chi connectivity index (χ1) is 17.9. The third-order valence-corrected chi connectivity index (χ3v) is 5.97. The number of hydrogen-bond donors (Lipinski definition) is 2. The summed E-state index contributed by atoms with van der Waals surface area (Å²) in [5.41, 5.74) is 1.34. The van der Waals surface area contributed by atoms with Crippen LogP contribution in [-0.4, -0.2) is 72.5 Å². The molecule has 0 spiro atoms. The number of rotatable bonds is 7. The molecular formula is C24H18ClN9O3. The fourth-order valence-corrected chi connectivity index (χ4v) is 4.10. The number of hydrogen-bond acceptors (Lipinski definition) is 10. The number of ether oxygens (including phenoxy) is 1. The molecule has 1 amide bonds. The standard InChI is InChI=1S/C24H18ClN9O3/c25-18-3-1-2-15(7-27)21(18)34-11-17-22(32-34)29-13-30-24(17)37-19(12-33-9-16(35)10-33)23(36)31-20-5-4-14(6-26)8-28-20/h1-5,8,11,13,16,19,35H,9-10,12H2,(H,28,31,36)/t19-/m0/s1. The molecule has 0 unspecified atom stereocenters. The van der Waals surface area contributed by atoms with Crippen molar-refractivity contribution in [2.45, 2.75) is 12.2 Å². The number of aliphatic hydroxyl groups is 1. The highest BCUT2D eigenvalue weighted by atomic mass is 35.5. The molecule has 5 rings (SSSR count). The molecule has 0 radical (unpaired) electrons. The summed E-state index contributed by atoms with van der Waals surface area (Å²) >= 11 is 6.34. The van der Waals surface area contributed by atoms with Crippen molar-refractivity contribution in [3.8, 4) is 23.7 Å². The zero-order valence-corrected chi connectivity index (χ0v) is 19.9. The average molecular weight is 516 g/mol. The lowest BCUT2D eigenvalue weighted by molar-refractivity contribution is -0.125. The monoisotopic (exact) mass is 515 g/mol. The average Bonchev–Trinajstić information content (AvgIpc) is 3.32. The normalized spacial score (nSPS) is 14.4. The Labute approximate surface area is 215 Å². The minimum absolute atomic E-state index is 0.107. The van der Waals surface area contributed by atoms with E-state index in [2.05, 4.69) is 31.4 Å². The lowest BCUT2D eigenvalue weighted by atomic mass is 10.1. The molecule has 2 N–H and O–H groups in total.